The number of fused-ring (bicyclic) bond motifs is 1. The van der Waals surface area contributed by atoms with Gasteiger partial charge in [0.25, 0.3) is 0 Å². The first kappa shape index (κ1) is 16.3. The standard InChI is InChI=1S/C22H16N6/c1-14-4-2-6-19(26-14)22-27-20(18-7-9-25-21(18)28-22)17-10-16(12-24-13-17)15-5-3-8-23-11-15/h2-13H,1H3,(H,25,27,28). The molecule has 5 heterocycles. The fourth-order valence-corrected chi connectivity index (χ4v) is 3.20. The fraction of sp³-hybridized carbons (Fsp3) is 0.0455. The first-order chi connectivity index (χ1) is 13.8. The minimum Gasteiger partial charge on any atom is -0.346 e. The van der Waals surface area contributed by atoms with Crippen LogP contribution in [0.1, 0.15) is 5.69 Å². The second-order valence-corrected chi connectivity index (χ2v) is 6.50. The maximum Gasteiger partial charge on any atom is 0.180 e. The molecule has 0 bridgehead atoms. The van der Waals surface area contributed by atoms with Crippen molar-refractivity contribution in [2.75, 3.05) is 0 Å². The van der Waals surface area contributed by atoms with Crippen LogP contribution in [0.25, 0.3) is 44.9 Å². The molecule has 5 rings (SSSR count). The average Bonchev–Trinajstić information content (AvgIpc) is 3.22. The largest absolute Gasteiger partial charge is 0.346 e. The van der Waals surface area contributed by atoms with Crippen molar-refractivity contribution in [1.29, 1.82) is 0 Å². The molecule has 0 aliphatic heterocycles. The zero-order chi connectivity index (χ0) is 18.9. The van der Waals surface area contributed by atoms with Crippen LogP contribution in [-0.4, -0.2) is 29.9 Å². The molecule has 0 radical (unpaired) electrons. The Hall–Kier alpha value is -3.93. The minimum atomic E-state index is 0.584. The van der Waals surface area contributed by atoms with Crippen molar-refractivity contribution in [2.45, 2.75) is 6.92 Å². The molecular formula is C22H16N6. The number of nitrogens with one attached hydrogen (secondary N) is 1. The molecule has 0 fully saturated rings. The molecule has 1 N–H and O–H groups in total. The Morgan fingerprint density at radius 1 is 0.786 bits per heavy atom. The van der Waals surface area contributed by atoms with Crippen LogP contribution in [0.2, 0.25) is 0 Å². The van der Waals surface area contributed by atoms with E-state index in [0.717, 1.165) is 44.8 Å². The van der Waals surface area contributed by atoms with Gasteiger partial charge >= 0.3 is 0 Å². The summed E-state index contributed by atoms with van der Waals surface area (Å²) >= 11 is 0. The van der Waals surface area contributed by atoms with Gasteiger partial charge < -0.3 is 4.98 Å². The van der Waals surface area contributed by atoms with Crippen molar-refractivity contribution >= 4 is 11.0 Å². The molecule has 0 aromatic carbocycles. The quantitative estimate of drug-likeness (QED) is 0.511. The lowest BCUT2D eigenvalue weighted by atomic mass is 10.1. The molecule has 5 aromatic rings. The Balaban J connectivity index is 1.70. The summed E-state index contributed by atoms with van der Waals surface area (Å²) in [4.78, 5) is 25.9. The van der Waals surface area contributed by atoms with E-state index in [2.05, 4.69) is 31.0 Å². The van der Waals surface area contributed by atoms with Crippen LogP contribution in [0.4, 0.5) is 0 Å². The number of aryl methyl sites for hydroxylation is 1. The van der Waals surface area contributed by atoms with Crippen LogP contribution in [0.3, 0.4) is 0 Å². The summed E-state index contributed by atoms with van der Waals surface area (Å²) < 4.78 is 0. The SMILES string of the molecule is Cc1cccc(-c2nc(-c3cncc(-c4cccnc4)c3)c3cc[nH]c3n2)n1. The molecule has 5 aromatic heterocycles. The van der Waals surface area contributed by atoms with Crippen molar-refractivity contribution in [3.05, 3.63) is 79.1 Å². The third-order valence-corrected chi connectivity index (χ3v) is 4.54. The molecule has 0 saturated heterocycles. The lowest BCUT2D eigenvalue weighted by Crippen LogP contribution is -1.97. The Morgan fingerprint density at radius 2 is 1.68 bits per heavy atom. The molecule has 0 unspecified atom stereocenters. The van der Waals surface area contributed by atoms with Gasteiger partial charge in [-0.1, -0.05) is 12.1 Å². The minimum absolute atomic E-state index is 0.584. The van der Waals surface area contributed by atoms with Gasteiger partial charge in [-0.05, 0) is 37.3 Å². The third-order valence-electron chi connectivity index (χ3n) is 4.54. The average molecular weight is 364 g/mol. The molecule has 28 heavy (non-hydrogen) atoms. The highest BCUT2D eigenvalue weighted by atomic mass is 15.0. The summed E-state index contributed by atoms with van der Waals surface area (Å²) in [6.45, 7) is 1.96. The lowest BCUT2D eigenvalue weighted by molar-refractivity contribution is 1.13. The first-order valence-corrected chi connectivity index (χ1v) is 8.93. The van der Waals surface area contributed by atoms with Gasteiger partial charge in [0.2, 0.25) is 0 Å². The van der Waals surface area contributed by atoms with E-state index >= 15 is 0 Å². The van der Waals surface area contributed by atoms with Gasteiger partial charge in [0, 0.05) is 58.8 Å². The maximum atomic E-state index is 4.84. The maximum absolute atomic E-state index is 4.84. The van der Waals surface area contributed by atoms with Crippen LogP contribution in [0.15, 0.2) is 73.4 Å². The van der Waals surface area contributed by atoms with Crippen LogP contribution < -0.4 is 0 Å². The van der Waals surface area contributed by atoms with Crippen molar-refractivity contribution < 1.29 is 0 Å². The van der Waals surface area contributed by atoms with Crippen molar-refractivity contribution in [2.24, 2.45) is 0 Å². The number of aromatic amines is 1. The summed E-state index contributed by atoms with van der Waals surface area (Å²) in [5.74, 6) is 0.584. The topological polar surface area (TPSA) is 80.2 Å². The lowest BCUT2D eigenvalue weighted by Gasteiger charge is -2.08. The Labute approximate surface area is 161 Å². The summed E-state index contributed by atoms with van der Waals surface area (Å²) in [5, 5.41) is 0.946. The van der Waals surface area contributed by atoms with Gasteiger partial charge in [0.1, 0.15) is 11.3 Å². The van der Waals surface area contributed by atoms with Crippen LogP contribution in [-0.2, 0) is 0 Å². The molecule has 0 amide bonds. The second-order valence-electron chi connectivity index (χ2n) is 6.50. The van der Waals surface area contributed by atoms with Crippen molar-refractivity contribution in [3.8, 4) is 33.9 Å². The van der Waals surface area contributed by atoms with E-state index in [0.29, 0.717) is 5.82 Å². The number of pyridine rings is 3. The normalized spacial score (nSPS) is 11.0. The molecule has 0 spiro atoms. The Bertz CT molecular complexity index is 1280. The zero-order valence-corrected chi connectivity index (χ0v) is 15.2. The molecule has 134 valence electrons. The van der Waals surface area contributed by atoms with Crippen LogP contribution in [0.5, 0.6) is 0 Å². The smallest absolute Gasteiger partial charge is 0.180 e. The van der Waals surface area contributed by atoms with Gasteiger partial charge in [-0.3, -0.25) is 9.97 Å². The zero-order valence-electron chi connectivity index (χ0n) is 15.2. The van der Waals surface area contributed by atoms with Crippen molar-refractivity contribution in [1.82, 2.24) is 29.9 Å². The van der Waals surface area contributed by atoms with E-state index in [9.17, 15) is 0 Å². The number of aromatic nitrogens is 6. The van der Waals surface area contributed by atoms with E-state index in [1.54, 1.807) is 6.20 Å². The van der Waals surface area contributed by atoms with Crippen molar-refractivity contribution in [3.63, 3.8) is 0 Å². The molecule has 0 aliphatic carbocycles. The number of nitrogens with zero attached hydrogens (tertiary/aromatic N) is 5. The Morgan fingerprint density at radius 3 is 2.54 bits per heavy atom. The molecule has 0 atom stereocenters. The molecule has 6 nitrogen and oxygen atoms in total. The predicted molar refractivity (Wildman–Crippen MR) is 108 cm³/mol. The number of hydrogen-bond acceptors (Lipinski definition) is 5. The first-order valence-electron chi connectivity index (χ1n) is 8.93. The summed E-state index contributed by atoms with van der Waals surface area (Å²) in [5.41, 5.74) is 6.18. The number of hydrogen-bond donors (Lipinski definition) is 1. The van der Waals surface area contributed by atoms with E-state index in [-0.39, 0.29) is 0 Å². The second kappa shape index (κ2) is 6.66. The van der Waals surface area contributed by atoms with Gasteiger partial charge in [-0.15, -0.1) is 0 Å². The predicted octanol–water partition coefficient (Wildman–Crippen LogP) is 4.45. The van der Waals surface area contributed by atoms with E-state index in [1.165, 1.54) is 0 Å². The Kier molecular flexibility index (Phi) is 3.87. The number of rotatable bonds is 3. The van der Waals surface area contributed by atoms with Gasteiger partial charge in [-0.25, -0.2) is 15.0 Å². The van der Waals surface area contributed by atoms with Gasteiger partial charge in [-0.2, -0.15) is 0 Å². The molecule has 0 aliphatic rings. The summed E-state index contributed by atoms with van der Waals surface area (Å²) in [6, 6.07) is 13.8. The summed E-state index contributed by atoms with van der Waals surface area (Å²) in [6.07, 6.45) is 9.11. The van der Waals surface area contributed by atoms with Crippen LogP contribution >= 0.6 is 0 Å². The molecule has 6 heteroatoms. The molecular weight excluding hydrogens is 348 g/mol. The monoisotopic (exact) mass is 364 g/mol. The van der Waals surface area contributed by atoms with Gasteiger partial charge in [0.15, 0.2) is 5.82 Å². The summed E-state index contributed by atoms with van der Waals surface area (Å²) in [7, 11) is 0. The molecule has 0 saturated carbocycles. The van der Waals surface area contributed by atoms with Gasteiger partial charge in [0.05, 0.1) is 5.69 Å². The highest BCUT2D eigenvalue weighted by molar-refractivity contribution is 5.92. The highest BCUT2D eigenvalue weighted by Gasteiger charge is 2.14. The number of H-pyrrole nitrogens is 1. The van der Waals surface area contributed by atoms with Crippen LogP contribution in [0, 0.1) is 6.92 Å². The highest BCUT2D eigenvalue weighted by Crippen LogP contribution is 2.30. The fourth-order valence-electron chi connectivity index (χ4n) is 3.20. The van der Waals surface area contributed by atoms with E-state index < -0.39 is 0 Å². The third kappa shape index (κ3) is 2.91. The van der Waals surface area contributed by atoms with E-state index in [1.807, 2.05) is 68.1 Å². The van der Waals surface area contributed by atoms with E-state index in [4.69, 9.17) is 4.98 Å².